The molecule has 1 aromatic carbocycles. The molecule has 0 amide bonds. The Bertz CT molecular complexity index is 524. The molecule has 1 aromatic rings. The van der Waals surface area contributed by atoms with Gasteiger partial charge >= 0.3 is 5.69 Å². The lowest BCUT2D eigenvalue weighted by molar-refractivity contribution is -0.385. The number of benzene rings is 1. The third-order valence-corrected chi connectivity index (χ3v) is 3.90. The second kappa shape index (κ2) is 6.71. The Morgan fingerprint density at radius 3 is 2.95 bits per heavy atom. The van der Waals surface area contributed by atoms with Gasteiger partial charge in [-0.05, 0) is 25.9 Å². The van der Waals surface area contributed by atoms with Crippen LogP contribution >= 0.6 is 0 Å². The van der Waals surface area contributed by atoms with Crippen LogP contribution in [0.15, 0.2) is 12.1 Å². The zero-order valence-corrected chi connectivity index (χ0v) is 12.3. The summed E-state index contributed by atoms with van der Waals surface area (Å²) in [6.07, 6.45) is 2.22. The Morgan fingerprint density at radius 2 is 2.33 bits per heavy atom. The number of hydrogen-bond acceptors (Lipinski definition) is 5. The van der Waals surface area contributed by atoms with Gasteiger partial charge in [-0.15, -0.1) is 0 Å². The van der Waals surface area contributed by atoms with Crippen molar-refractivity contribution in [3.63, 3.8) is 0 Å². The maximum Gasteiger partial charge on any atom is 0.313 e. The first-order valence-corrected chi connectivity index (χ1v) is 7.06. The largest absolute Gasteiger partial charge is 0.490 e. The van der Waals surface area contributed by atoms with Crippen LogP contribution in [0.2, 0.25) is 0 Å². The van der Waals surface area contributed by atoms with E-state index in [2.05, 4.69) is 17.1 Å². The van der Waals surface area contributed by atoms with Gasteiger partial charge in [0.1, 0.15) is 0 Å². The van der Waals surface area contributed by atoms with Gasteiger partial charge in [-0.3, -0.25) is 15.0 Å². The minimum atomic E-state index is -0.651. The Balaban J connectivity index is 2.11. The Morgan fingerprint density at radius 1 is 1.57 bits per heavy atom. The number of nitrogens with one attached hydrogen (secondary N) is 1. The average molecular weight is 297 g/mol. The molecule has 2 rings (SSSR count). The molecule has 1 N–H and O–H groups in total. The average Bonchev–Trinajstić information content (AvgIpc) is 2.93. The predicted molar refractivity (Wildman–Crippen MR) is 78.4 cm³/mol. The SMILES string of the molecule is CCN1CCCC1CNc1cc(OC)c([N+](=O)[O-])cc1F. The topological polar surface area (TPSA) is 67.6 Å². The van der Waals surface area contributed by atoms with Crippen LogP contribution in [0.4, 0.5) is 15.8 Å². The second-order valence-corrected chi connectivity index (χ2v) is 5.07. The third kappa shape index (κ3) is 3.41. The molecule has 1 aliphatic heterocycles. The number of anilines is 1. The van der Waals surface area contributed by atoms with E-state index < -0.39 is 10.7 Å². The molecule has 6 nitrogen and oxygen atoms in total. The van der Waals surface area contributed by atoms with E-state index in [1.54, 1.807) is 0 Å². The molecule has 1 fully saturated rings. The fourth-order valence-corrected chi connectivity index (χ4v) is 2.75. The molecule has 7 heteroatoms. The minimum absolute atomic E-state index is 0.0580. The van der Waals surface area contributed by atoms with Crippen LogP contribution in [-0.2, 0) is 0 Å². The van der Waals surface area contributed by atoms with Gasteiger partial charge in [0, 0.05) is 18.7 Å². The van der Waals surface area contributed by atoms with Crippen LogP contribution in [0.5, 0.6) is 5.75 Å². The highest BCUT2D eigenvalue weighted by molar-refractivity contribution is 5.59. The Kier molecular flexibility index (Phi) is 4.95. The molecule has 1 atom stereocenters. The first kappa shape index (κ1) is 15.5. The van der Waals surface area contributed by atoms with E-state index in [-0.39, 0.29) is 17.1 Å². The van der Waals surface area contributed by atoms with Crippen LogP contribution in [-0.4, -0.2) is 42.6 Å². The maximum absolute atomic E-state index is 13.9. The van der Waals surface area contributed by atoms with Crippen LogP contribution in [0.3, 0.4) is 0 Å². The zero-order chi connectivity index (χ0) is 15.4. The molecule has 1 heterocycles. The van der Waals surface area contributed by atoms with Crippen molar-refractivity contribution in [3.8, 4) is 5.75 Å². The van der Waals surface area contributed by atoms with Crippen LogP contribution < -0.4 is 10.1 Å². The van der Waals surface area contributed by atoms with Gasteiger partial charge in [-0.25, -0.2) is 4.39 Å². The van der Waals surface area contributed by atoms with Gasteiger partial charge in [-0.1, -0.05) is 6.92 Å². The number of hydrogen-bond donors (Lipinski definition) is 1. The maximum atomic E-state index is 13.9. The van der Waals surface area contributed by atoms with Crippen molar-refractivity contribution < 1.29 is 14.1 Å². The van der Waals surface area contributed by atoms with E-state index in [0.29, 0.717) is 12.6 Å². The molecular weight excluding hydrogens is 277 g/mol. The number of rotatable bonds is 6. The standard InChI is InChI=1S/C14H20FN3O3/c1-3-17-6-4-5-10(17)9-16-12-8-14(21-2)13(18(19)20)7-11(12)15/h7-8,10,16H,3-6,9H2,1-2H3. The van der Waals surface area contributed by atoms with Crippen molar-refractivity contribution in [1.82, 2.24) is 4.90 Å². The second-order valence-electron chi connectivity index (χ2n) is 5.07. The summed E-state index contributed by atoms with van der Waals surface area (Å²) in [6.45, 7) is 4.76. The highest BCUT2D eigenvalue weighted by Gasteiger charge is 2.24. The van der Waals surface area contributed by atoms with Crippen molar-refractivity contribution in [2.45, 2.75) is 25.8 Å². The molecular formula is C14H20FN3O3. The molecule has 0 bridgehead atoms. The van der Waals surface area contributed by atoms with Gasteiger partial charge < -0.3 is 10.1 Å². The van der Waals surface area contributed by atoms with Gasteiger partial charge in [-0.2, -0.15) is 0 Å². The summed E-state index contributed by atoms with van der Waals surface area (Å²) in [4.78, 5) is 12.5. The summed E-state index contributed by atoms with van der Waals surface area (Å²) in [5.41, 5.74) is -0.128. The summed E-state index contributed by atoms with van der Waals surface area (Å²) in [6, 6.07) is 2.61. The van der Waals surface area contributed by atoms with E-state index in [1.807, 2.05) is 0 Å². The normalized spacial score (nSPS) is 18.7. The molecule has 1 saturated heterocycles. The quantitative estimate of drug-likeness (QED) is 0.646. The lowest BCUT2D eigenvalue weighted by Crippen LogP contribution is -2.34. The lowest BCUT2D eigenvalue weighted by Gasteiger charge is -2.23. The number of likely N-dealkylation sites (N-methyl/N-ethyl adjacent to an activating group) is 1. The van der Waals surface area contributed by atoms with Gasteiger partial charge in [0.2, 0.25) is 0 Å². The highest BCUT2D eigenvalue weighted by atomic mass is 19.1. The number of likely N-dealkylation sites (tertiary alicyclic amines) is 1. The molecule has 21 heavy (non-hydrogen) atoms. The molecule has 1 aliphatic rings. The monoisotopic (exact) mass is 297 g/mol. The summed E-state index contributed by atoms with van der Waals surface area (Å²) in [5.74, 6) is -0.578. The van der Waals surface area contributed by atoms with Crippen LogP contribution in [0.25, 0.3) is 0 Å². The summed E-state index contributed by atoms with van der Waals surface area (Å²) in [7, 11) is 1.33. The van der Waals surface area contributed by atoms with E-state index in [0.717, 1.165) is 32.0 Å². The van der Waals surface area contributed by atoms with Gasteiger partial charge in [0.15, 0.2) is 11.6 Å². The number of ether oxygens (including phenoxy) is 1. The third-order valence-electron chi connectivity index (χ3n) is 3.90. The van der Waals surface area contributed by atoms with Crippen molar-refractivity contribution in [2.75, 3.05) is 32.1 Å². The first-order chi connectivity index (χ1) is 10.1. The van der Waals surface area contributed by atoms with Gasteiger partial charge in [0.05, 0.1) is 23.8 Å². The molecule has 1 unspecified atom stereocenters. The number of nitrogens with zero attached hydrogens (tertiary/aromatic N) is 2. The molecule has 0 saturated carbocycles. The van der Waals surface area contributed by atoms with Crippen molar-refractivity contribution in [2.24, 2.45) is 0 Å². The van der Waals surface area contributed by atoms with Gasteiger partial charge in [0.25, 0.3) is 0 Å². The highest BCUT2D eigenvalue weighted by Crippen LogP contribution is 2.32. The molecule has 0 spiro atoms. The fourth-order valence-electron chi connectivity index (χ4n) is 2.75. The minimum Gasteiger partial charge on any atom is -0.490 e. The summed E-state index contributed by atoms with van der Waals surface area (Å²) in [5, 5.41) is 13.9. The summed E-state index contributed by atoms with van der Waals surface area (Å²) < 4.78 is 18.9. The molecule has 0 radical (unpaired) electrons. The molecule has 0 aromatic heterocycles. The zero-order valence-electron chi connectivity index (χ0n) is 12.3. The number of nitro groups is 1. The summed E-state index contributed by atoms with van der Waals surface area (Å²) >= 11 is 0. The number of methoxy groups -OCH3 is 1. The Hall–Kier alpha value is -1.89. The number of nitro benzene ring substituents is 1. The van der Waals surface area contributed by atoms with E-state index >= 15 is 0 Å². The van der Waals surface area contributed by atoms with E-state index in [4.69, 9.17) is 4.74 Å². The van der Waals surface area contributed by atoms with Crippen LogP contribution in [0, 0.1) is 15.9 Å². The van der Waals surface area contributed by atoms with E-state index in [9.17, 15) is 14.5 Å². The van der Waals surface area contributed by atoms with Crippen molar-refractivity contribution in [1.29, 1.82) is 0 Å². The van der Waals surface area contributed by atoms with E-state index in [1.165, 1.54) is 13.2 Å². The fraction of sp³-hybridized carbons (Fsp3) is 0.571. The van der Waals surface area contributed by atoms with Crippen molar-refractivity contribution in [3.05, 3.63) is 28.1 Å². The first-order valence-electron chi connectivity index (χ1n) is 7.06. The van der Waals surface area contributed by atoms with Crippen molar-refractivity contribution >= 4 is 11.4 Å². The smallest absolute Gasteiger partial charge is 0.313 e. The molecule has 0 aliphatic carbocycles. The molecule has 116 valence electrons. The van der Waals surface area contributed by atoms with Crippen LogP contribution in [0.1, 0.15) is 19.8 Å². The Labute approximate surface area is 123 Å². The predicted octanol–water partition coefficient (Wildman–Crippen LogP) is 2.64. The number of halogens is 1. The lowest BCUT2D eigenvalue weighted by atomic mass is 10.2.